The molecule has 0 aliphatic carbocycles. The molecule has 0 aromatic carbocycles. The second-order valence-electron chi connectivity index (χ2n) is 4.84. The number of carbonyl (C=O) groups excluding carboxylic acids is 1. The van der Waals surface area contributed by atoms with E-state index >= 15 is 0 Å². The minimum absolute atomic E-state index is 0.358. The third-order valence-corrected chi connectivity index (χ3v) is 3.23. The first-order valence-electron chi connectivity index (χ1n) is 6.75. The molecule has 94 valence electrons. The van der Waals surface area contributed by atoms with E-state index in [1.54, 1.807) is 0 Å². The predicted molar refractivity (Wildman–Crippen MR) is 67.4 cm³/mol. The largest absolute Gasteiger partial charge is 0.343 e. The smallest absolute Gasteiger partial charge is 0.222 e. The molecule has 1 N–H and O–H groups in total. The van der Waals surface area contributed by atoms with E-state index < -0.39 is 0 Å². The molecule has 1 saturated heterocycles. The lowest BCUT2D eigenvalue weighted by Gasteiger charge is -2.16. The van der Waals surface area contributed by atoms with Gasteiger partial charge >= 0.3 is 0 Å². The van der Waals surface area contributed by atoms with E-state index in [9.17, 15) is 4.79 Å². The first-order chi connectivity index (χ1) is 7.74. The average Bonchev–Trinajstić information content (AvgIpc) is 2.67. The Morgan fingerprint density at radius 3 is 2.88 bits per heavy atom. The van der Waals surface area contributed by atoms with Crippen LogP contribution < -0.4 is 5.32 Å². The van der Waals surface area contributed by atoms with E-state index in [-0.39, 0.29) is 0 Å². The van der Waals surface area contributed by atoms with Crippen molar-refractivity contribution in [2.24, 2.45) is 0 Å². The van der Waals surface area contributed by atoms with E-state index in [0.29, 0.717) is 11.9 Å². The van der Waals surface area contributed by atoms with Crippen molar-refractivity contribution < 1.29 is 4.79 Å². The van der Waals surface area contributed by atoms with Gasteiger partial charge in [0.1, 0.15) is 0 Å². The van der Waals surface area contributed by atoms with Crippen LogP contribution in [0.25, 0.3) is 0 Å². The van der Waals surface area contributed by atoms with Crippen LogP contribution in [0.5, 0.6) is 0 Å². The summed E-state index contributed by atoms with van der Waals surface area (Å²) < 4.78 is 0. The Morgan fingerprint density at radius 1 is 1.44 bits per heavy atom. The Hall–Kier alpha value is -0.570. The number of hydrogen-bond donors (Lipinski definition) is 1. The fourth-order valence-corrected chi connectivity index (χ4v) is 2.19. The molecular weight excluding hydrogens is 200 g/mol. The van der Waals surface area contributed by atoms with Crippen LogP contribution in [0.3, 0.4) is 0 Å². The first-order valence-corrected chi connectivity index (χ1v) is 6.75. The van der Waals surface area contributed by atoms with Crippen LogP contribution in [0.1, 0.15) is 52.4 Å². The fraction of sp³-hybridized carbons (Fsp3) is 0.923. The molecule has 1 unspecified atom stereocenters. The van der Waals surface area contributed by atoms with Gasteiger partial charge in [0.05, 0.1) is 0 Å². The molecule has 16 heavy (non-hydrogen) atoms. The van der Waals surface area contributed by atoms with Gasteiger partial charge in [-0.25, -0.2) is 0 Å². The number of nitrogens with one attached hydrogen (secondary N) is 1. The molecule has 0 saturated carbocycles. The van der Waals surface area contributed by atoms with Crippen LogP contribution in [-0.4, -0.2) is 36.5 Å². The molecule has 1 aliphatic heterocycles. The molecule has 3 nitrogen and oxygen atoms in total. The summed E-state index contributed by atoms with van der Waals surface area (Å²) in [5.74, 6) is 0.358. The van der Waals surface area contributed by atoms with E-state index in [2.05, 4.69) is 19.2 Å². The van der Waals surface area contributed by atoms with Crippen molar-refractivity contribution in [2.45, 2.75) is 58.4 Å². The highest BCUT2D eigenvalue weighted by atomic mass is 16.2. The molecule has 0 spiro atoms. The summed E-state index contributed by atoms with van der Waals surface area (Å²) in [6.07, 6.45) is 6.64. The van der Waals surface area contributed by atoms with Gasteiger partial charge in [0.25, 0.3) is 0 Å². The van der Waals surface area contributed by atoms with Crippen molar-refractivity contribution >= 4 is 5.91 Å². The molecule has 1 heterocycles. The van der Waals surface area contributed by atoms with Crippen molar-refractivity contribution in [1.29, 1.82) is 0 Å². The van der Waals surface area contributed by atoms with Crippen LogP contribution in [-0.2, 0) is 4.79 Å². The highest BCUT2D eigenvalue weighted by Gasteiger charge is 2.18. The van der Waals surface area contributed by atoms with Crippen LogP contribution in [0.4, 0.5) is 0 Å². The SMILES string of the molecule is CCCNC(C)CCCCN1CCCC1=O. The van der Waals surface area contributed by atoms with E-state index in [1.165, 1.54) is 19.3 Å². The molecule has 0 radical (unpaired) electrons. The van der Waals surface area contributed by atoms with Gasteiger partial charge in [-0.15, -0.1) is 0 Å². The molecule has 1 fully saturated rings. The Labute approximate surface area is 99.6 Å². The average molecular weight is 226 g/mol. The van der Waals surface area contributed by atoms with Gasteiger partial charge in [-0.05, 0) is 39.2 Å². The zero-order valence-electron chi connectivity index (χ0n) is 10.8. The molecule has 3 heteroatoms. The van der Waals surface area contributed by atoms with Crippen molar-refractivity contribution in [3.63, 3.8) is 0 Å². The summed E-state index contributed by atoms with van der Waals surface area (Å²) in [7, 11) is 0. The summed E-state index contributed by atoms with van der Waals surface area (Å²) in [5.41, 5.74) is 0. The molecule has 1 atom stereocenters. The van der Waals surface area contributed by atoms with E-state index in [1.807, 2.05) is 4.90 Å². The topological polar surface area (TPSA) is 32.3 Å². The van der Waals surface area contributed by atoms with Gasteiger partial charge < -0.3 is 10.2 Å². The Morgan fingerprint density at radius 2 is 2.25 bits per heavy atom. The summed E-state index contributed by atoms with van der Waals surface area (Å²) in [4.78, 5) is 13.4. The van der Waals surface area contributed by atoms with Gasteiger partial charge in [-0.2, -0.15) is 0 Å². The molecular formula is C13H26N2O. The van der Waals surface area contributed by atoms with Gasteiger partial charge in [0.2, 0.25) is 5.91 Å². The molecule has 0 aromatic rings. The second kappa shape index (κ2) is 7.66. The van der Waals surface area contributed by atoms with Gasteiger partial charge in [0, 0.05) is 25.6 Å². The van der Waals surface area contributed by atoms with E-state index in [0.717, 1.165) is 38.9 Å². The summed E-state index contributed by atoms with van der Waals surface area (Å²) in [6, 6.07) is 0.620. The maximum absolute atomic E-state index is 11.4. The third kappa shape index (κ3) is 4.97. The quantitative estimate of drug-likeness (QED) is 0.643. The lowest BCUT2D eigenvalue weighted by atomic mass is 10.1. The summed E-state index contributed by atoms with van der Waals surface area (Å²) >= 11 is 0. The highest BCUT2D eigenvalue weighted by molar-refractivity contribution is 5.77. The lowest BCUT2D eigenvalue weighted by molar-refractivity contribution is -0.127. The number of carbonyl (C=O) groups is 1. The van der Waals surface area contributed by atoms with Crippen molar-refractivity contribution in [3.8, 4) is 0 Å². The Balaban J connectivity index is 1.96. The van der Waals surface area contributed by atoms with Gasteiger partial charge in [-0.3, -0.25) is 4.79 Å². The molecule has 1 aliphatic rings. The zero-order valence-corrected chi connectivity index (χ0v) is 10.8. The zero-order chi connectivity index (χ0) is 11.8. The number of unbranched alkanes of at least 4 members (excludes halogenated alkanes) is 1. The number of hydrogen-bond acceptors (Lipinski definition) is 2. The van der Waals surface area contributed by atoms with Crippen LogP contribution in [0.15, 0.2) is 0 Å². The van der Waals surface area contributed by atoms with Crippen molar-refractivity contribution in [3.05, 3.63) is 0 Å². The maximum Gasteiger partial charge on any atom is 0.222 e. The number of likely N-dealkylation sites (tertiary alicyclic amines) is 1. The fourth-order valence-electron chi connectivity index (χ4n) is 2.19. The van der Waals surface area contributed by atoms with Crippen molar-refractivity contribution in [2.75, 3.05) is 19.6 Å². The number of nitrogens with zero attached hydrogens (tertiary/aromatic N) is 1. The van der Waals surface area contributed by atoms with Gasteiger partial charge in [-0.1, -0.05) is 13.3 Å². The predicted octanol–water partition coefficient (Wildman–Crippen LogP) is 2.17. The lowest BCUT2D eigenvalue weighted by Crippen LogP contribution is -2.28. The Bertz CT molecular complexity index is 206. The van der Waals surface area contributed by atoms with Crippen molar-refractivity contribution in [1.82, 2.24) is 10.2 Å². The summed E-state index contributed by atoms with van der Waals surface area (Å²) in [5, 5.41) is 3.49. The maximum atomic E-state index is 11.4. The van der Waals surface area contributed by atoms with Gasteiger partial charge in [0.15, 0.2) is 0 Å². The minimum Gasteiger partial charge on any atom is -0.343 e. The number of rotatable bonds is 8. The first kappa shape index (κ1) is 13.5. The number of amides is 1. The molecule has 1 rings (SSSR count). The minimum atomic E-state index is 0.358. The highest BCUT2D eigenvalue weighted by Crippen LogP contribution is 2.11. The summed E-state index contributed by atoms with van der Waals surface area (Å²) in [6.45, 7) is 7.52. The van der Waals surface area contributed by atoms with Crippen LogP contribution >= 0.6 is 0 Å². The van der Waals surface area contributed by atoms with Crippen LogP contribution in [0.2, 0.25) is 0 Å². The molecule has 1 amide bonds. The van der Waals surface area contributed by atoms with E-state index in [4.69, 9.17) is 0 Å². The Kier molecular flexibility index (Phi) is 6.46. The van der Waals surface area contributed by atoms with Crippen LogP contribution in [0, 0.1) is 0 Å². The third-order valence-electron chi connectivity index (χ3n) is 3.23. The normalized spacial score (nSPS) is 18.1. The second-order valence-corrected chi connectivity index (χ2v) is 4.84. The molecule has 0 bridgehead atoms. The molecule has 0 aromatic heterocycles. The standard InChI is InChI=1S/C13H26N2O/c1-3-9-14-12(2)7-4-5-10-15-11-6-8-13(15)16/h12,14H,3-11H2,1-2H3. The monoisotopic (exact) mass is 226 g/mol.